The van der Waals surface area contributed by atoms with Gasteiger partial charge in [0.05, 0.1) is 52.1 Å². The maximum atomic E-state index is 8.05. The number of aromatic nitrogens is 3. The summed E-state index contributed by atoms with van der Waals surface area (Å²) < 4.78 is 6.99. The number of fused-ring (bicyclic) bond motifs is 9. The molecule has 0 amide bonds. The van der Waals surface area contributed by atoms with E-state index in [9.17, 15) is 0 Å². The molecule has 11 rings (SSSR count). The molecule has 3 heterocycles. The molecule has 3 aromatic heterocycles. The molecule has 254 valence electrons. The van der Waals surface area contributed by atoms with Crippen molar-refractivity contribution < 1.29 is 0 Å². The summed E-state index contributed by atoms with van der Waals surface area (Å²) in [7, 11) is 0. The van der Waals surface area contributed by atoms with Crippen LogP contribution in [0.2, 0.25) is 0 Å². The van der Waals surface area contributed by atoms with Gasteiger partial charge in [0.1, 0.15) is 0 Å². The van der Waals surface area contributed by atoms with Crippen LogP contribution in [-0.2, 0) is 0 Å². The summed E-state index contributed by atoms with van der Waals surface area (Å²) >= 11 is 0. The predicted molar refractivity (Wildman–Crippen MR) is 227 cm³/mol. The van der Waals surface area contributed by atoms with E-state index < -0.39 is 0 Å². The Labute approximate surface area is 316 Å². The van der Waals surface area contributed by atoms with Gasteiger partial charge in [-0.25, -0.2) is 9.69 Å². The smallest absolute Gasteiger partial charge is 0.197 e. The van der Waals surface area contributed by atoms with Crippen LogP contribution in [0.25, 0.3) is 103 Å². The molecule has 5 heteroatoms. The van der Waals surface area contributed by atoms with Crippen molar-refractivity contribution in [2.24, 2.45) is 0 Å². The molecule has 0 fully saturated rings. The number of nitrogens with zero attached hydrogens (tertiary/aromatic N) is 5. The minimum atomic E-state index is 0.570. The van der Waals surface area contributed by atoms with Crippen molar-refractivity contribution in [1.82, 2.24) is 13.7 Å². The van der Waals surface area contributed by atoms with Gasteiger partial charge < -0.3 is 13.7 Å². The zero-order valence-corrected chi connectivity index (χ0v) is 29.5. The lowest BCUT2D eigenvalue weighted by molar-refractivity contribution is 1.16. The van der Waals surface area contributed by atoms with Gasteiger partial charge in [-0.1, -0.05) is 109 Å². The molecule has 0 aliphatic carbocycles. The van der Waals surface area contributed by atoms with Gasteiger partial charge in [-0.15, -0.1) is 0 Å². The SMILES string of the molecule is [C-]#[N+]c1ccc(-n2c3ccccc3c3cc(-n4c5ccccc5c5ccccc54)ccc32)c(-c2ccccc2-n2c3ccccc3c3c([N+]#[C-])cccc32)c1. The number of benzene rings is 8. The van der Waals surface area contributed by atoms with E-state index in [1.807, 2.05) is 30.3 Å². The first-order valence-electron chi connectivity index (χ1n) is 18.3. The van der Waals surface area contributed by atoms with Crippen molar-refractivity contribution in [2.75, 3.05) is 0 Å². The van der Waals surface area contributed by atoms with E-state index in [2.05, 4.69) is 169 Å². The highest BCUT2D eigenvalue weighted by molar-refractivity contribution is 6.16. The van der Waals surface area contributed by atoms with Crippen LogP contribution in [0.4, 0.5) is 11.4 Å². The van der Waals surface area contributed by atoms with E-state index in [1.165, 1.54) is 21.8 Å². The number of hydrogen-bond donors (Lipinski definition) is 0. The first kappa shape index (κ1) is 30.7. The van der Waals surface area contributed by atoms with Crippen molar-refractivity contribution in [3.05, 3.63) is 199 Å². The molecule has 0 aliphatic rings. The topological polar surface area (TPSA) is 23.5 Å². The zero-order valence-electron chi connectivity index (χ0n) is 29.5. The van der Waals surface area contributed by atoms with Gasteiger partial charge in [0, 0.05) is 43.7 Å². The average Bonchev–Trinajstić information content (AvgIpc) is 3.89. The highest BCUT2D eigenvalue weighted by Crippen LogP contribution is 2.44. The van der Waals surface area contributed by atoms with Crippen LogP contribution < -0.4 is 0 Å². The standard InChI is InChI=1S/C50H29N5/c1-51-32-26-28-47(39(30-32)36-16-5-11-23-45(36)55-46-24-12-7-18-38(46)50-41(52-2)19-13-25-49(50)55)54-44-22-10-6-17-37(44)40-31-33(27-29-48(40)54)53-42-20-8-3-14-34(42)35-15-4-9-21-43(35)53/h3-31H. The Hall–Kier alpha value is -7.86. The maximum Gasteiger partial charge on any atom is 0.197 e. The van der Waals surface area contributed by atoms with E-state index in [0.29, 0.717) is 11.4 Å². The van der Waals surface area contributed by atoms with Gasteiger partial charge in [-0.3, -0.25) is 0 Å². The Kier molecular flexibility index (Phi) is 6.61. The quantitative estimate of drug-likeness (QED) is 0.163. The fourth-order valence-corrected chi connectivity index (χ4v) is 8.81. The van der Waals surface area contributed by atoms with Gasteiger partial charge in [0.25, 0.3) is 0 Å². The monoisotopic (exact) mass is 699 g/mol. The summed E-state index contributed by atoms with van der Waals surface area (Å²) in [6, 6.07) is 61.3. The molecule has 0 spiro atoms. The molecule has 0 N–H and O–H groups in total. The van der Waals surface area contributed by atoms with Crippen molar-refractivity contribution >= 4 is 76.8 Å². The third-order valence-electron chi connectivity index (χ3n) is 11.1. The lowest BCUT2D eigenvalue weighted by Crippen LogP contribution is -2.01. The maximum absolute atomic E-state index is 8.05. The molecular formula is C50H29N5. The van der Waals surface area contributed by atoms with Gasteiger partial charge in [-0.2, -0.15) is 0 Å². The Morgan fingerprint density at radius 2 is 0.873 bits per heavy atom. The number of para-hydroxylation sites is 5. The lowest BCUT2D eigenvalue weighted by Gasteiger charge is -2.19. The number of hydrogen-bond acceptors (Lipinski definition) is 0. The Morgan fingerprint density at radius 3 is 1.56 bits per heavy atom. The second-order valence-electron chi connectivity index (χ2n) is 13.9. The second-order valence-corrected chi connectivity index (χ2v) is 13.9. The Balaban J connectivity index is 1.19. The van der Waals surface area contributed by atoms with E-state index in [4.69, 9.17) is 13.1 Å². The molecule has 0 saturated heterocycles. The molecule has 8 aromatic carbocycles. The van der Waals surface area contributed by atoms with Crippen molar-refractivity contribution in [2.45, 2.75) is 0 Å². The highest BCUT2D eigenvalue weighted by Gasteiger charge is 2.22. The lowest BCUT2D eigenvalue weighted by atomic mass is 10.00. The van der Waals surface area contributed by atoms with Crippen molar-refractivity contribution in [3.63, 3.8) is 0 Å². The van der Waals surface area contributed by atoms with Gasteiger partial charge in [-0.05, 0) is 77.7 Å². The zero-order chi connectivity index (χ0) is 36.6. The van der Waals surface area contributed by atoms with E-state index in [-0.39, 0.29) is 0 Å². The second kappa shape index (κ2) is 11.8. The Morgan fingerprint density at radius 1 is 0.345 bits per heavy atom. The first-order chi connectivity index (χ1) is 27.2. The molecule has 55 heavy (non-hydrogen) atoms. The average molecular weight is 700 g/mol. The molecule has 0 bridgehead atoms. The highest BCUT2D eigenvalue weighted by atomic mass is 15.0. The molecule has 0 saturated carbocycles. The normalized spacial score (nSPS) is 11.6. The molecule has 0 aliphatic heterocycles. The molecule has 0 unspecified atom stereocenters. The summed E-state index contributed by atoms with van der Waals surface area (Å²) in [6.45, 7) is 16.0. The summed E-state index contributed by atoms with van der Waals surface area (Å²) in [5.41, 5.74) is 12.7. The van der Waals surface area contributed by atoms with Crippen LogP contribution in [0, 0.1) is 13.1 Å². The first-order valence-corrected chi connectivity index (χ1v) is 18.3. The summed E-state index contributed by atoms with van der Waals surface area (Å²) in [5, 5.41) is 6.75. The fourth-order valence-electron chi connectivity index (χ4n) is 8.81. The van der Waals surface area contributed by atoms with E-state index >= 15 is 0 Å². The van der Waals surface area contributed by atoms with Crippen LogP contribution in [0.3, 0.4) is 0 Å². The minimum Gasteiger partial charge on any atom is -0.310 e. The van der Waals surface area contributed by atoms with Gasteiger partial charge in [0.15, 0.2) is 11.4 Å². The molecule has 0 atom stereocenters. The van der Waals surface area contributed by atoms with Crippen LogP contribution in [0.5, 0.6) is 0 Å². The molecule has 11 aromatic rings. The van der Waals surface area contributed by atoms with E-state index in [0.717, 1.165) is 71.8 Å². The largest absolute Gasteiger partial charge is 0.310 e. The summed E-state index contributed by atoms with van der Waals surface area (Å²) in [4.78, 5) is 7.82. The van der Waals surface area contributed by atoms with E-state index in [1.54, 1.807) is 0 Å². The summed E-state index contributed by atoms with van der Waals surface area (Å²) in [6.07, 6.45) is 0. The molecular weight excluding hydrogens is 671 g/mol. The van der Waals surface area contributed by atoms with Crippen LogP contribution in [0.15, 0.2) is 176 Å². The van der Waals surface area contributed by atoms with Crippen LogP contribution >= 0.6 is 0 Å². The Bertz CT molecular complexity index is 3420. The van der Waals surface area contributed by atoms with Crippen LogP contribution in [0.1, 0.15) is 0 Å². The van der Waals surface area contributed by atoms with Gasteiger partial charge >= 0.3 is 0 Å². The fraction of sp³-hybridized carbons (Fsp3) is 0. The molecule has 5 nitrogen and oxygen atoms in total. The predicted octanol–water partition coefficient (Wildman–Crippen LogP) is 13.7. The minimum absolute atomic E-state index is 0.570. The molecule has 0 radical (unpaired) electrons. The third-order valence-corrected chi connectivity index (χ3v) is 11.1. The summed E-state index contributed by atoms with van der Waals surface area (Å²) in [5.74, 6) is 0. The third kappa shape index (κ3) is 4.39. The van der Waals surface area contributed by atoms with Crippen LogP contribution in [-0.4, -0.2) is 13.7 Å². The van der Waals surface area contributed by atoms with Crippen molar-refractivity contribution in [1.29, 1.82) is 0 Å². The number of rotatable bonds is 4. The van der Waals surface area contributed by atoms with Gasteiger partial charge in [0.2, 0.25) is 0 Å². The van der Waals surface area contributed by atoms with Crippen molar-refractivity contribution in [3.8, 4) is 28.2 Å².